The second kappa shape index (κ2) is 6.95. The van der Waals surface area contributed by atoms with Crippen LogP contribution in [0.4, 0.5) is 0 Å². The molecule has 0 unspecified atom stereocenters. The quantitative estimate of drug-likeness (QED) is 0.730. The van der Waals surface area contributed by atoms with Gasteiger partial charge in [0.1, 0.15) is 5.52 Å². The Morgan fingerprint density at radius 2 is 2.22 bits per heavy atom. The van der Waals surface area contributed by atoms with Crippen LogP contribution in [-0.4, -0.2) is 14.8 Å². The Balaban J connectivity index is 2.58. The van der Waals surface area contributed by atoms with Gasteiger partial charge in [0, 0.05) is 41.3 Å². The fourth-order valence-electron chi connectivity index (χ4n) is 2.37. The minimum atomic E-state index is -0.181. The number of allylic oxidation sites excluding steroid dienone is 2. The second-order valence-electron chi connectivity index (χ2n) is 5.51. The van der Waals surface area contributed by atoms with Crippen molar-refractivity contribution in [3.05, 3.63) is 44.6 Å². The predicted molar refractivity (Wildman–Crippen MR) is 96.0 cm³/mol. The van der Waals surface area contributed by atoms with Gasteiger partial charge >= 0.3 is 0 Å². The highest BCUT2D eigenvalue weighted by Crippen LogP contribution is 2.39. The molecule has 2 aromatic heterocycles. The minimum Gasteiger partial charge on any atom is -0.403 e. The van der Waals surface area contributed by atoms with Crippen molar-refractivity contribution in [1.82, 2.24) is 14.8 Å². The van der Waals surface area contributed by atoms with Crippen LogP contribution in [0.3, 0.4) is 0 Å². The lowest BCUT2D eigenvalue weighted by Crippen LogP contribution is -2.10. The Bertz CT molecular complexity index is 844. The molecule has 2 aromatic rings. The Morgan fingerprint density at radius 1 is 1.52 bits per heavy atom. The van der Waals surface area contributed by atoms with Crippen LogP contribution in [0.1, 0.15) is 32.4 Å². The van der Waals surface area contributed by atoms with Crippen LogP contribution in [0, 0.1) is 6.92 Å². The molecule has 23 heavy (non-hydrogen) atoms. The summed E-state index contributed by atoms with van der Waals surface area (Å²) in [6.45, 7) is 6.21. The van der Waals surface area contributed by atoms with Crippen molar-refractivity contribution in [2.75, 3.05) is 0 Å². The number of fused-ring (bicyclic) bond motifs is 1. The topological polar surface area (TPSA) is 103 Å². The molecule has 124 valence electrons. The zero-order valence-corrected chi connectivity index (χ0v) is 14.8. The third-order valence-electron chi connectivity index (χ3n) is 4.05. The van der Waals surface area contributed by atoms with Crippen LogP contribution in [0.2, 0.25) is 0 Å². The first kappa shape index (κ1) is 17.2. The molecule has 0 radical (unpaired) electrons. The summed E-state index contributed by atoms with van der Waals surface area (Å²) in [5, 5.41) is 7.29. The van der Waals surface area contributed by atoms with Gasteiger partial charge in [0.2, 0.25) is 0 Å². The van der Waals surface area contributed by atoms with Crippen LogP contribution in [0.25, 0.3) is 10.9 Å². The van der Waals surface area contributed by atoms with E-state index in [1.54, 1.807) is 18.0 Å². The van der Waals surface area contributed by atoms with E-state index in [2.05, 4.69) is 24.0 Å². The molecule has 0 spiro atoms. The maximum absolute atomic E-state index is 12.1. The van der Waals surface area contributed by atoms with Crippen LogP contribution >= 0.6 is 11.8 Å². The number of nitrogens with two attached hydrogens (primary N) is 2. The largest absolute Gasteiger partial charge is 0.403 e. The van der Waals surface area contributed by atoms with Gasteiger partial charge in [0.25, 0.3) is 5.56 Å². The van der Waals surface area contributed by atoms with E-state index >= 15 is 0 Å². The monoisotopic (exact) mass is 333 g/mol. The Labute approximate surface area is 139 Å². The van der Waals surface area contributed by atoms with E-state index in [1.165, 1.54) is 11.8 Å². The number of rotatable bonds is 5. The molecule has 0 aliphatic carbocycles. The molecule has 7 heteroatoms. The summed E-state index contributed by atoms with van der Waals surface area (Å²) in [7, 11) is 1.89. The molecule has 0 bridgehead atoms. The van der Waals surface area contributed by atoms with Crippen LogP contribution in [0.5, 0.6) is 0 Å². The molecule has 0 atom stereocenters. The molecule has 2 heterocycles. The average molecular weight is 333 g/mol. The highest BCUT2D eigenvalue weighted by molar-refractivity contribution is 8.03. The summed E-state index contributed by atoms with van der Waals surface area (Å²) >= 11 is 1.64. The number of nitrogens with zero attached hydrogens (tertiary/aromatic N) is 2. The standard InChI is InChI=1S/C16H23N5OS/c1-5-9(2)13(6-11(18)7-17)23-15-10(3)21(4)14-12(15)8-19-20-16(14)22/h7-8H,5-6,17-18H2,1-4H3,(H,20,22)/b11-7-,13-9-. The molecule has 6 nitrogen and oxygen atoms in total. The van der Waals surface area contributed by atoms with E-state index in [4.69, 9.17) is 11.5 Å². The van der Waals surface area contributed by atoms with Crippen LogP contribution < -0.4 is 17.0 Å². The third kappa shape index (κ3) is 3.29. The molecular weight excluding hydrogens is 310 g/mol. The predicted octanol–water partition coefficient (Wildman–Crippen LogP) is 2.50. The fourth-order valence-corrected chi connectivity index (χ4v) is 3.72. The van der Waals surface area contributed by atoms with E-state index in [0.29, 0.717) is 17.6 Å². The van der Waals surface area contributed by atoms with Gasteiger partial charge in [0.15, 0.2) is 0 Å². The zero-order valence-electron chi connectivity index (χ0n) is 13.9. The first-order valence-electron chi connectivity index (χ1n) is 7.46. The van der Waals surface area contributed by atoms with Crippen molar-refractivity contribution in [2.24, 2.45) is 18.5 Å². The average Bonchev–Trinajstić information content (AvgIpc) is 2.79. The van der Waals surface area contributed by atoms with E-state index in [9.17, 15) is 4.79 Å². The van der Waals surface area contributed by atoms with E-state index in [-0.39, 0.29) is 5.56 Å². The first-order valence-corrected chi connectivity index (χ1v) is 8.27. The first-order chi connectivity index (χ1) is 10.9. The van der Waals surface area contributed by atoms with Gasteiger partial charge in [-0.15, -0.1) is 0 Å². The summed E-state index contributed by atoms with van der Waals surface area (Å²) in [4.78, 5) is 14.3. The van der Waals surface area contributed by atoms with Crippen molar-refractivity contribution in [3.8, 4) is 0 Å². The number of aryl methyl sites for hydroxylation is 1. The lowest BCUT2D eigenvalue weighted by Gasteiger charge is -2.12. The van der Waals surface area contributed by atoms with Crippen molar-refractivity contribution in [3.63, 3.8) is 0 Å². The van der Waals surface area contributed by atoms with Gasteiger partial charge in [-0.3, -0.25) is 4.79 Å². The van der Waals surface area contributed by atoms with Crippen molar-refractivity contribution >= 4 is 22.7 Å². The maximum atomic E-state index is 12.1. The van der Waals surface area contributed by atoms with E-state index in [1.807, 2.05) is 18.5 Å². The zero-order chi connectivity index (χ0) is 17.1. The molecule has 2 rings (SSSR count). The molecule has 0 aliphatic heterocycles. The normalized spacial score (nSPS) is 13.5. The van der Waals surface area contributed by atoms with Gasteiger partial charge in [-0.25, -0.2) is 5.10 Å². The van der Waals surface area contributed by atoms with Crippen LogP contribution in [0.15, 0.2) is 38.3 Å². The van der Waals surface area contributed by atoms with Crippen LogP contribution in [-0.2, 0) is 7.05 Å². The van der Waals surface area contributed by atoms with Crippen molar-refractivity contribution in [1.29, 1.82) is 0 Å². The highest BCUT2D eigenvalue weighted by atomic mass is 32.2. The van der Waals surface area contributed by atoms with Gasteiger partial charge in [-0.2, -0.15) is 5.10 Å². The van der Waals surface area contributed by atoms with Crippen molar-refractivity contribution < 1.29 is 0 Å². The summed E-state index contributed by atoms with van der Waals surface area (Å²) < 4.78 is 1.90. The number of hydrogen-bond donors (Lipinski definition) is 3. The van der Waals surface area contributed by atoms with Gasteiger partial charge < -0.3 is 16.0 Å². The van der Waals surface area contributed by atoms with Gasteiger partial charge in [0.05, 0.1) is 6.20 Å². The van der Waals surface area contributed by atoms with Gasteiger partial charge in [-0.1, -0.05) is 24.3 Å². The molecule has 0 fully saturated rings. The SMILES string of the molecule is CC/C(C)=C(/C/C(N)=C/N)Sc1c(C)n(C)c2c(=O)[nH]ncc12. The van der Waals surface area contributed by atoms with Crippen molar-refractivity contribution in [2.45, 2.75) is 38.5 Å². The van der Waals surface area contributed by atoms with E-state index < -0.39 is 0 Å². The summed E-state index contributed by atoms with van der Waals surface area (Å²) in [6.07, 6.45) is 4.68. The lowest BCUT2D eigenvalue weighted by atomic mass is 10.2. The number of nitrogens with one attached hydrogen (secondary N) is 1. The molecule has 0 aromatic carbocycles. The summed E-state index contributed by atoms with van der Waals surface area (Å²) in [6, 6.07) is 0. The molecule has 0 saturated heterocycles. The third-order valence-corrected chi connectivity index (χ3v) is 5.51. The Morgan fingerprint density at radius 3 is 2.83 bits per heavy atom. The fraction of sp³-hybridized carbons (Fsp3) is 0.375. The van der Waals surface area contributed by atoms with E-state index in [0.717, 1.165) is 27.3 Å². The Hall–Kier alpha value is -2.15. The molecule has 0 amide bonds. The number of thioether (sulfide) groups is 1. The summed E-state index contributed by atoms with van der Waals surface area (Å²) in [5.41, 5.74) is 14.8. The highest BCUT2D eigenvalue weighted by Gasteiger charge is 2.18. The minimum absolute atomic E-state index is 0.181. The molecule has 0 aliphatic rings. The smallest absolute Gasteiger partial charge is 0.288 e. The molecule has 0 saturated carbocycles. The lowest BCUT2D eigenvalue weighted by molar-refractivity contribution is 0.886. The van der Waals surface area contributed by atoms with Gasteiger partial charge in [-0.05, 0) is 25.2 Å². The number of hydrogen-bond acceptors (Lipinski definition) is 5. The number of aromatic amines is 1. The maximum Gasteiger partial charge on any atom is 0.288 e. The summed E-state index contributed by atoms with van der Waals surface area (Å²) in [5.74, 6) is 0. The molecule has 5 N–H and O–H groups in total. The Kier molecular flexibility index (Phi) is 5.20. The second-order valence-corrected chi connectivity index (χ2v) is 6.62. The molecular formula is C16H23N5OS. The number of aromatic nitrogens is 3. The number of H-pyrrole nitrogens is 1.